The number of aromatic nitrogens is 4. The van der Waals surface area contributed by atoms with Gasteiger partial charge in [0.15, 0.2) is 0 Å². The lowest BCUT2D eigenvalue weighted by molar-refractivity contribution is 0.371. The van der Waals surface area contributed by atoms with Crippen LogP contribution in [-0.2, 0) is 29.4 Å². The van der Waals surface area contributed by atoms with Crippen LogP contribution in [0.4, 0.5) is 11.9 Å². The Labute approximate surface area is 197 Å². The maximum absolute atomic E-state index is 11.8. The molecule has 0 radical (unpaired) electrons. The first-order valence-electron chi connectivity index (χ1n) is 11.9. The molecule has 10 heteroatoms. The summed E-state index contributed by atoms with van der Waals surface area (Å²) in [5.74, 6) is 2.31. The molecule has 4 rings (SSSR count). The van der Waals surface area contributed by atoms with E-state index in [0.29, 0.717) is 19.5 Å². The fourth-order valence-electron chi connectivity index (χ4n) is 4.58. The SMILES string of the molecule is CCc1cnc(N2CCC(CCCN(C)c3ncc4c(n3)CCN(S(C)(=O)=O)C4)CC2)nc1. The van der Waals surface area contributed by atoms with Crippen LogP contribution in [0.1, 0.15) is 49.4 Å². The average Bonchev–Trinajstić information content (AvgIpc) is 2.83. The van der Waals surface area contributed by atoms with Crippen molar-refractivity contribution in [1.29, 1.82) is 0 Å². The van der Waals surface area contributed by atoms with Crippen molar-refractivity contribution in [2.24, 2.45) is 5.92 Å². The van der Waals surface area contributed by atoms with Crippen LogP contribution in [0.5, 0.6) is 0 Å². The predicted molar refractivity (Wildman–Crippen MR) is 130 cm³/mol. The predicted octanol–water partition coefficient (Wildman–Crippen LogP) is 2.28. The molecule has 0 aromatic carbocycles. The summed E-state index contributed by atoms with van der Waals surface area (Å²) in [5.41, 5.74) is 3.05. The maximum atomic E-state index is 11.8. The molecule has 2 aliphatic rings. The second-order valence-corrected chi connectivity index (χ2v) is 11.2. The van der Waals surface area contributed by atoms with Crippen molar-refractivity contribution in [2.45, 2.75) is 52.0 Å². The Morgan fingerprint density at radius 3 is 2.48 bits per heavy atom. The molecule has 180 valence electrons. The number of nitrogens with zero attached hydrogens (tertiary/aromatic N) is 7. The Balaban J connectivity index is 1.22. The Morgan fingerprint density at radius 1 is 1.09 bits per heavy atom. The molecular formula is C23H35N7O2S. The molecule has 2 aliphatic heterocycles. The molecule has 0 saturated carbocycles. The van der Waals surface area contributed by atoms with Crippen LogP contribution in [0.15, 0.2) is 18.6 Å². The van der Waals surface area contributed by atoms with Gasteiger partial charge in [-0.15, -0.1) is 0 Å². The number of hydrogen-bond donors (Lipinski definition) is 0. The van der Waals surface area contributed by atoms with E-state index in [1.165, 1.54) is 35.4 Å². The molecule has 0 atom stereocenters. The van der Waals surface area contributed by atoms with Crippen molar-refractivity contribution in [3.63, 3.8) is 0 Å². The quantitative estimate of drug-likeness (QED) is 0.576. The normalized spacial score (nSPS) is 17.7. The molecule has 2 aromatic rings. The molecule has 1 fully saturated rings. The summed E-state index contributed by atoms with van der Waals surface area (Å²) in [7, 11) is -1.15. The lowest BCUT2D eigenvalue weighted by Crippen LogP contribution is -2.36. The molecule has 0 aliphatic carbocycles. The van der Waals surface area contributed by atoms with E-state index in [0.717, 1.165) is 61.5 Å². The van der Waals surface area contributed by atoms with Crippen molar-refractivity contribution in [3.8, 4) is 0 Å². The molecular weight excluding hydrogens is 438 g/mol. The number of hydrogen-bond acceptors (Lipinski definition) is 8. The summed E-state index contributed by atoms with van der Waals surface area (Å²) in [6.45, 7) is 5.92. The topological polar surface area (TPSA) is 95.4 Å². The van der Waals surface area contributed by atoms with Gasteiger partial charge in [0.05, 0.1) is 11.9 Å². The van der Waals surface area contributed by atoms with Gasteiger partial charge >= 0.3 is 0 Å². The second kappa shape index (κ2) is 10.3. The average molecular weight is 474 g/mol. The number of rotatable bonds is 8. The minimum Gasteiger partial charge on any atom is -0.344 e. The van der Waals surface area contributed by atoms with Crippen molar-refractivity contribution < 1.29 is 8.42 Å². The van der Waals surface area contributed by atoms with Crippen LogP contribution in [0.2, 0.25) is 0 Å². The van der Waals surface area contributed by atoms with E-state index in [4.69, 9.17) is 4.98 Å². The zero-order valence-electron chi connectivity index (χ0n) is 19.9. The van der Waals surface area contributed by atoms with Crippen molar-refractivity contribution in [1.82, 2.24) is 24.2 Å². The number of piperidine rings is 1. The molecule has 33 heavy (non-hydrogen) atoms. The first kappa shape index (κ1) is 23.8. The second-order valence-electron chi connectivity index (χ2n) is 9.23. The highest BCUT2D eigenvalue weighted by atomic mass is 32.2. The highest BCUT2D eigenvalue weighted by Gasteiger charge is 2.25. The molecule has 0 spiro atoms. The Hall–Kier alpha value is -2.33. The molecule has 0 amide bonds. The molecule has 0 unspecified atom stereocenters. The third-order valence-corrected chi connectivity index (χ3v) is 8.05. The van der Waals surface area contributed by atoms with Gasteiger partial charge in [-0.3, -0.25) is 0 Å². The van der Waals surface area contributed by atoms with Gasteiger partial charge in [0.25, 0.3) is 0 Å². The Kier molecular flexibility index (Phi) is 7.43. The molecule has 0 N–H and O–H groups in total. The lowest BCUT2D eigenvalue weighted by Gasteiger charge is -2.32. The minimum atomic E-state index is -3.18. The van der Waals surface area contributed by atoms with Crippen LogP contribution in [0.25, 0.3) is 0 Å². The number of aryl methyl sites for hydroxylation is 1. The monoisotopic (exact) mass is 473 g/mol. The van der Waals surface area contributed by atoms with Crippen molar-refractivity contribution in [2.75, 3.05) is 49.3 Å². The van der Waals surface area contributed by atoms with Gasteiger partial charge in [0, 0.05) is 70.3 Å². The molecule has 4 heterocycles. The van der Waals surface area contributed by atoms with E-state index in [1.54, 1.807) is 6.20 Å². The molecule has 2 aromatic heterocycles. The van der Waals surface area contributed by atoms with Crippen LogP contribution >= 0.6 is 0 Å². The standard InChI is InChI=1S/C23H35N7O2S/c1-4-18-14-24-22(25-15-18)29-11-7-19(8-12-29)6-5-10-28(2)23-26-16-20-17-30(33(3,31)32)13-9-21(20)27-23/h14-16,19H,4-13,17H2,1-3H3. The van der Waals surface area contributed by atoms with E-state index >= 15 is 0 Å². The Bertz CT molecular complexity index is 1040. The van der Waals surface area contributed by atoms with Crippen LogP contribution in [0, 0.1) is 5.92 Å². The summed E-state index contributed by atoms with van der Waals surface area (Å²) >= 11 is 0. The first-order valence-corrected chi connectivity index (χ1v) is 13.7. The van der Waals surface area contributed by atoms with Gasteiger partial charge in [-0.05, 0) is 43.6 Å². The highest BCUT2D eigenvalue weighted by Crippen LogP contribution is 2.25. The zero-order chi connectivity index (χ0) is 23.4. The van der Waals surface area contributed by atoms with Crippen LogP contribution < -0.4 is 9.80 Å². The largest absolute Gasteiger partial charge is 0.344 e. The zero-order valence-corrected chi connectivity index (χ0v) is 20.8. The number of sulfonamides is 1. The van der Waals surface area contributed by atoms with Gasteiger partial charge < -0.3 is 9.80 Å². The van der Waals surface area contributed by atoms with Gasteiger partial charge in [-0.1, -0.05) is 6.92 Å². The van der Waals surface area contributed by atoms with E-state index < -0.39 is 10.0 Å². The summed E-state index contributed by atoms with van der Waals surface area (Å²) in [5, 5.41) is 0. The summed E-state index contributed by atoms with van der Waals surface area (Å²) in [6.07, 6.45) is 13.2. The summed E-state index contributed by atoms with van der Waals surface area (Å²) in [4.78, 5) is 22.7. The molecule has 9 nitrogen and oxygen atoms in total. The van der Waals surface area contributed by atoms with Crippen molar-refractivity contribution in [3.05, 3.63) is 35.4 Å². The molecule has 0 bridgehead atoms. The van der Waals surface area contributed by atoms with Crippen LogP contribution in [-0.4, -0.2) is 72.1 Å². The Morgan fingerprint density at radius 2 is 1.82 bits per heavy atom. The summed E-state index contributed by atoms with van der Waals surface area (Å²) < 4.78 is 25.1. The number of anilines is 2. The highest BCUT2D eigenvalue weighted by molar-refractivity contribution is 7.88. The van der Waals surface area contributed by atoms with Gasteiger partial charge in [0.2, 0.25) is 21.9 Å². The van der Waals surface area contributed by atoms with E-state index in [1.807, 2.05) is 19.4 Å². The summed E-state index contributed by atoms with van der Waals surface area (Å²) in [6, 6.07) is 0. The van der Waals surface area contributed by atoms with Crippen LogP contribution in [0.3, 0.4) is 0 Å². The third kappa shape index (κ3) is 5.97. The lowest BCUT2D eigenvalue weighted by atomic mass is 9.92. The first-order chi connectivity index (χ1) is 15.8. The van der Waals surface area contributed by atoms with Gasteiger partial charge in [-0.25, -0.2) is 28.4 Å². The molecule has 1 saturated heterocycles. The number of fused-ring (bicyclic) bond motifs is 1. The minimum absolute atomic E-state index is 0.366. The van der Waals surface area contributed by atoms with E-state index in [-0.39, 0.29) is 0 Å². The van der Waals surface area contributed by atoms with Gasteiger partial charge in [-0.2, -0.15) is 4.31 Å². The smallest absolute Gasteiger partial charge is 0.225 e. The fourth-order valence-corrected chi connectivity index (χ4v) is 5.38. The van der Waals surface area contributed by atoms with E-state index in [9.17, 15) is 8.42 Å². The van der Waals surface area contributed by atoms with Gasteiger partial charge in [0.1, 0.15) is 0 Å². The van der Waals surface area contributed by atoms with E-state index in [2.05, 4.69) is 31.7 Å². The van der Waals surface area contributed by atoms with Crippen molar-refractivity contribution >= 4 is 21.9 Å². The fraction of sp³-hybridized carbons (Fsp3) is 0.652. The maximum Gasteiger partial charge on any atom is 0.225 e. The third-order valence-electron chi connectivity index (χ3n) is 6.80.